The van der Waals surface area contributed by atoms with Crippen LogP contribution in [0.4, 0.5) is 17.3 Å². The lowest BCUT2D eigenvalue weighted by Gasteiger charge is -2.16. The lowest BCUT2D eigenvalue weighted by molar-refractivity contribution is 0.180. The number of benzene rings is 2. The van der Waals surface area contributed by atoms with Crippen LogP contribution in [0.15, 0.2) is 48.7 Å². The van der Waals surface area contributed by atoms with E-state index in [-0.39, 0.29) is 0 Å². The Kier molecular flexibility index (Phi) is 5.19. The standard InChI is InChI=1S/C25H28N6O/c1-16-13-23(32-15-30(2)3)18(26)14-20(16)29-25-27-11-10-19(28-25)24-17-7-4-5-8-21(17)31-12-6-9-22(24)31/h4-5,7-8,10-11,13-14H,6,9,12,15,26H2,1-3H3,(H,27,28,29). The highest BCUT2D eigenvalue weighted by Crippen LogP contribution is 2.38. The van der Waals surface area contributed by atoms with E-state index in [1.54, 1.807) is 0 Å². The van der Waals surface area contributed by atoms with E-state index in [0.29, 0.717) is 24.1 Å². The molecule has 0 saturated heterocycles. The maximum absolute atomic E-state index is 6.23. The quantitative estimate of drug-likeness (QED) is 0.346. The number of aryl methyl sites for hydroxylation is 2. The largest absolute Gasteiger partial charge is 0.476 e. The predicted molar refractivity (Wildman–Crippen MR) is 129 cm³/mol. The maximum atomic E-state index is 6.23. The van der Waals surface area contributed by atoms with Gasteiger partial charge in [0.2, 0.25) is 5.95 Å². The second-order valence-electron chi connectivity index (χ2n) is 8.54. The molecule has 7 heteroatoms. The number of nitrogens with two attached hydrogens (primary N) is 1. The molecule has 0 amide bonds. The van der Waals surface area contributed by atoms with Gasteiger partial charge < -0.3 is 20.4 Å². The Morgan fingerprint density at radius 3 is 2.88 bits per heavy atom. The molecule has 0 aliphatic carbocycles. The lowest BCUT2D eigenvalue weighted by atomic mass is 10.1. The highest BCUT2D eigenvalue weighted by Gasteiger charge is 2.23. The molecule has 7 nitrogen and oxygen atoms in total. The van der Waals surface area contributed by atoms with E-state index in [2.05, 4.69) is 39.1 Å². The van der Waals surface area contributed by atoms with Crippen LogP contribution in [0.1, 0.15) is 17.7 Å². The van der Waals surface area contributed by atoms with Gasteiger partial charge in [-0.2, -0.15) is 0 Å². The zero-order chi connectivity index (χ0) is 22.2. The molecule has 4 aromatic rings. The highest BCUT2D eigenvalue weighted by molar-refractivity contribution is 5.97. The summed E-state index contributed by atoms with van der Waals surface area (Å²) in [5.74, 6) is 1.22. The van der Waals surface area contributed by atoms with Gasteiger partial charge in [-0.05, 0) is 63.7 Å². The van der Waals surface area contributed by atoms with Gasteiger partial charge in [0.05, 0.1) is 11.4 Å². The number of anilines is 3. The van der Waals surface area contributed by atoms with Gasteiger partial charge in [0.25, 0.3) is 0 Å². The van der Waals surface area contributed by atoms with Gasteiger partial charge in [0.1, 0.15) is 12.5 Å². The third-order valence-electron chi connectivity index (χ3n) is 5.87. The van der Waals surface area contributed by atoms with Gasteiger partial charge in [-0.25, -0.2) is 9.97 Å². The van der Waals surface area contributed by atoms with Crippen LogP contribution in [-0.2, 0) is 13.0 Å². The number of nitrogens with zero attached hydrogens (tertiary/aromatic N) is 4. The molecule has 2 aromatic heterocycles. The van der Waals surface area contributed by atoms with Gasteiger partial charge in [-0.1, -0.05) is 18.2 Å². The summed E-state index contributed by atoms with van der Waals surface area (Å²) in [6, 6.07) is 14.4. The van der Waals surface area contributed by atoms with Crippen LogP contribution in [0, 0.1) is 6.92 Å². The highest BCUT2D eigenvalue weighted by atomic mass is 16.5. The molecular formula is C25H28N6O. The average molecular weight is 429 g/mol. The van der Waals surface area contributed by atoms with Crippen molar-refractivity contribution < 1.29 is 4.74 Å². The first-order chi connectivity index (χ1) is 15.5. The van der Waals surface area contributed by atoms with Crippen molar-refractivity contribution in [2.75, 3.05) is 31.9 Å². The normalized spacial score (nSPS) is 13.0. The number of nitrogens with one attached hydrogen (secondary N) is 1. The Hall–Kier alpha value is -3.58. The average Bonchev–Trinajstić information content (AvgIpc) is 3.36. The molecule has 2 aromatic carbocycles. The van der Waals surface area contributed by atoms with Gasteiger partial charge in [-0.3, -0.25) is 4.90 Å². The lowest BCUT2D eigenvalue weighted by Crippen LogP contribution is -2.18. The maximum Gasteiger partial charge on any atom is 0.227 e. The fraction of sp³-hybridized carbons (Fsp3) is 0.280. The molecule has 1 aliphatic heterocycles. The number of fused-ring (bicyclic) bond motifs is 3. The zero-order valence-corrected chi connectivity index (χ0v) is 18.7. The first-order valence-corrected chi connectivity index (χ1v) is 10.9. The molecule has 0 radical (unpaired) electrons. The summed E-state index contributed by atoms with van der Waals surface area (Å²) in [5, 5.41) is 4.59. The molecule has 0 spiro atoms. The van der Waals surface area contributed by atoms with Crippen molar-refractivity contribution in [1.82, 2.24) is 19.4 Å². The van der Waals surface area contributed by atoms with Gasteiger partial charge in [-0.15, -0.1) is 0 Å². The van der Waals surface area contributed by atoms with E-state index in [4.69, 9.17) is 15.5 Å². The molecule has 0 bridgehead atoms. The first-order valence-electron chi connectivity index (χ1n) is 10.9. The Labute approximate surface area is 187 Å². The van der Waals surface area contributed by atoms with Crippen molar-refractivity contribution in [3.63, 3.8) is 0 Å². The van der Waals surface area contributed by atoms with Crippen molar-refractivity contribution in [3.05, 3.63) is 59.9 Å². The molecular weight excluding hydrogens is 400 g/mol. The predicted octanol–water partition coefficient (Wildman–Crippen LogP) is 4.58. The Morgan fingerprint density at radius 1 is 1.19 bits per heavy atom. The van der Waals surface area contributed by atoms with E-state index in [9.17, 15) is 0 Å². The number of hydrogen-bond donors (Lipinski definition) is 2. The van der Waals surface area contributed by atoms with E-state index in [0.717, 1.165) is 29.9 Å². The smallest absolute Gasteiger partial charge is 0.227 e. The van der Waals surface area contributed by atoms with Crippen molar-refractivity contribution in [2.45, 2.75) is 26.3 Å². The van der Waals surface area contributed by atoms with Crippen molar-refractivity contribution in [3.8, 4) is 17.0 Å². The summed E-state index contributed by atoms with van der Waals surface area (Å²) < 4.78 is 8.20. The van der Waals surface area contributed by atoms with Crippen molar-refractivity contribution in [1.29, 1.82) is 0 Å². The SMILES string of the molecule is Cc1cc(OCN(C)C)c(N)cc1Nc1nccc(-c2c3n(c4ccccc24)CCC3)n1. The van der Waals surface area contributed by atoms with E-state index >= 15 is 0 Å². The number of para-hydroxylation sites is 1. The topological polar surface area (TPSA) is 81.2 Å². The molecule has 0 fully saturated rings. The summed E-state index contributed by atoms with van der Waals surface area (Å²) in [6.07, 6.45) is 4.05. The Balaban J connectivity index is 1.48. The molecule has 0 atom stereocenters. The number of rotatable bonds is 6. The van der Waals surface area contributed by atoms with Gasteiger partial charge >= 0.3 is 0 Å². The van der Waals surface area contributed by atoms with Crippen LogP contribution >= 0.6 is 0 Å². The summed E-state index contributed by atoms with van der Waals surface area (Å²) in [6.45, 7) is 3.55. The summed E-state index contributed by atoms with van der Waals surface area (Å²) >= 11 is 0. The summed E-state index contributed by atoms with van der Waals surface area (Å²) in [7, 11) is 3.90. The number of aromatic nitrogens is 3. The molecule has 5 rings (SSSR count). The zero-order valence-electron chi connectivity index (χ0n) is 18.7. The van der Waals surface area contributed by atoms with Crippen LogP contribution in [0.5, 0.6) is 5.75 Å². The second-order valence-corrected chi connectivity index (χ2v) is 8.54. The molecule has 1 aliphatic rings. The fourth-order valence-corrected chi connectivity index (χ4v) is 4.40. The molecule has 164 valence electrons. The van der Waals surface area contributed by atoms with Crippen LogP contribution in [-0.4, -0.2) is 40.3 Å². The molecule has 0 unspecified atom stereocenters. The van der Waals surface area contributed by atoms with Crippen LogP contribution in [0.2, 0.25) is 0 Å². The van der Waals surface area contributed by atoms with Crippen molar-refractivity contribution in [2.24, 2.45) is 0 Å². The van der Waals surface area contributed by atoms with E-state index in [1.807, 2.05) is 50.3 Å². The second kappa shape index (κ2) is 8.16. The summed E-state index contributed by atoms with van der Waals surface area (Å²) in [5.41, 5.74) is 13.5. The van der Waals surface area contributed by atoms with E-state index in [1.165, 1.54) is 28.6 Å². The monoisotopic (exact) mass is 428 g/mol. The fourth-order valence-electron chi connectivity index (χ4n) is 4.40. The van der Waals surface area contributed by atoms with Crippen LogP contribution in [0.25, 0.3) is 22.2 Å². The Bertz CT molecular complexity index is 1290. The third kappa shape index (κ3) is 3.65. The van der Waals surface area contributed by atoms with Crippen LogP contribution < -0.4 is 15.8 Å². The minimum absolute atomic E-state index is 0.470. The van der Waals surface area contributed by atoms with Crippen molar-refractivity contribution >= 4 is 28.2 Å². The Morgan fingerprint density at radius 2 is 2.03 bits per heavy atom. The van der Waals surface area contributed by atoms with Crippen LogP contribution in [0.3, 0.4) is 0 Å². The number of hydrogen-bond acceptors (Lipinski definition) is 6. The molecule has 0 saturated carbocycles. The summed E-state index contributed by atoms with van der Waals surface area (Å²) in [4.78, 5) is 11.3. The minimum atomic E-state index is 0.470. The molecule has 32 heavy (non-hydrogen) atoms. The number of ether oxygens (including phenoxy) is 1. The van der Waals surface area contributed by atoms with Gasteiger partial charge in [0.15, 0.2) is 0 Å². The first kappa shape index (κ1) is 20.3. The molecule has 3 N–H and O–H groups in total. The number of nitrogen functional groups attached to an aromatic ring is 1. The van der Waals surface area contributed by atoms with Gasteiger partial charge in [0, 0.05) is 40.6 Å². The third-order valence-corrected chi connectivity index (χ3v) is 5.87. The molecule has 3 heterocycles. The minimum Gasteiger partial charge on any atom is -0.476 e. The van der Waals surface area contributed by atoms with E-state index < -0.39 is 0 Å².